The van der Waals surface area contributed by atoms with Gasteiger partial charge in [-0.3, -0.25) is 19.1 Å². The number of phenols is 1. The normalized spacial score (nSPS) is 31.2. The molecule has 23 heteroatoms. The number of amides is 1. The van der Waals surface area contributed by atoms with Crippen molar-refractivity contribution < 1.29 is 81.6 Å². The number of esters is 1. The van der Waals surface area contributed by atoms with Gasteiger partial charge in [-0.25, -0.2) is 23.0 Å². The molecule has 4 aliphatic rings. The summed E-state index contributed by atoms with van der Waals surface area (Å²) in [5.74, 6) is -9.22. The first-order valence-corrected chi connectivity index (χ1v) is 30.2. The number of aromatic carboxylic acids is 1. The summed E-state index contributed by atoms with van der Waals surface area (Å²) < 4.78 is 56.8. The first-order chi connectivity index (χ1) is 40.3. The lowest BCUT2D eigenvalue weighted by Gasteiger charge is -2.47. The third-order valence-corrected chi connectivity index (χ3v) is 17.8. The van der Waals surface area contributed by atoms with Crippen molar-refractivity contribution in [2.45, 2.75) is 165 Å². The first kappa shape index (κ1) is 67.6. The molecule has 2 bridgehead atoms. The minimum Gasteiger partial charge on any atom is -0.507 e. The van der Waals surface area contributed by atoms with Crippen LogP contribution in [-0.2, 0) is 52.9 Å². The van der Waals surface area contributed by atoms with Gasteiger partial charge in [-0.15, -0.1) is 6.58 Å². The van der Waals surface area contributed by atoms with Crippen molar-refractivity contribution in [1.82, 2.24) is 9.88 Å². The number of aliphatic hydroxyl groups is 3. The standard InChI is InChI=1S/C44H69NO12.C18H14N4O5S/c1-10-13-31-19-25(2)18-26(3)20-37(54-8)40-38(55-9)22-28(5)44(52,57-40)41(49)42(50)45-17-12-11-14-32(45)43(51)56-39(29(6)34(47)24-35(31)48)27(4)21-30-15-16-33(46)36(23-30)53-7;23-16-9-6-13(11-15(16)18(24)25)21-20-12-4-7-14(8-5-12)28(26,27)22-17-3-1-2-10-19-17/h10,19,21,26,28-34,36-40,46-47,52H,1,11-18,20,22-24H2,2-9H3;1-11,23H,(H,19,22)(H,24,25)/b25-19+,27-21+;/t26-,28+,29+,30-,31+,32-,33+,34-,36+,37-,38-,39+,40+,44+;/m0./s1. The van der Waals surface area contributed by atoms with Gasteiger partial charge >= 0.3 is 11.9 Å². The highest BCUT2D eigenvalue weighted by Crippen LogP contribution is 2.40. The van der Waals surface area contributed by atoms with Crippen LogP contribution in [0.15, 0.2) is 118 Å². The van der Waals surface area contributed by atoms with Crippen LogP contribution in [-0.4, -0.2) is 156 Å². The molecular formula is C62H83N5O17S. The molecule has 3 aliphatic heterocycles. The number of Topliss-reactive ketones (excluding diaryl/α,β-unsaturated/α-hetero) is 2. The zero-order valence-corrected chi connectivity index (χ0v) is 50.4. The summed E-state index contributed by atoms with van der Waals surface area (Å²) in [6.07, 6.45) is 6.40. The van der Waals surface area contributed by atoms with Crippen molar-refractivity contribution >= 4 is 56.6 Å². The van der Waals surface area contributed by atoms with E-state index < -0.39 is 99.9 Å². The number of hydrogen-bond donors (Lipinski definition) is 6. The number of cyclic esters (lactones) is 1. The SMILES string of the molecule is C=CC[C@@H]1/C=C(\C)C[C@H](C)C[C@H](OC)[C@H]2O[C@@](O)(C(=O)C(=O)N3CCCC[C@H]3C(=O)O[C@H](/C(C)=C/[C@@H]3CC[C@@H](O)[C@H](OC)C3)[C@H](C)[C@@H](O)CC1=O)[C@H](C)C[C@@H]2OC.O=C(O)c1cc(N=Nc2ccc(S(=O)(=O)Nc3ccccn3)cc2)ccc1O. The molecule has 464 valence electrons. The topological polar surface area (TPSA) is 320 Å². The van der Waals surface area contributed by atoms with E-state index in [-0.39, 0.29) is 77.2 Å². The number of sulfonamides is 1. The highest BCUT2D eigenvalue weighted by molar-refractivity contribution is 7.92. The summed E-state index contributed by atoms with van der Waals surface area (Å²) in [5, 5.41) is 60.4. The third kappa shape index (κ3) is 17.6. The molecule has 1 amide bonds. The smallest absolute Gasteiger partial charge is 0.339 e. The second-order valence-electron chi connectivity index (χ2n) is 22.8. The quantitative estimate of drug-likeness (QED) is 0.0405. The number of piperidine rings is 1. The Balaban J connectivity index is 0.000000343. The number of ether oxygens (including phenoxy) is 5. The molecule has 0 spiro atoms. The number of methoxy groups -OCH3 is 3. The fourth-order valence-electron chi connectivity index (χ4n) is 11.6. The van der Waals surface area contributed by atoms with Gasteiger partial charge in [0, 0.05) is 58.2 Å². The molecule has 0 radical (unpaired) electrons. The van der Waals surface area contributed by atoms with Crippen LogP contribution in [0.1, 0.15) is 116 Å². The van der Waals surface area contributed by atoms with Crippen LogP contribution < -0.4 is 4.72 Å². The molecule has 2 aromatic carbocycles. The molecule has 3 aromatic rings. The number of anilines is 1. The second kappa shape index (κ2) is 30.7. The van der Waals surface area contributed by atoms with Gasteiger partial charge in [0.05, 0.1) is 46.8 Å². The van der Waals surface area contributed by atoms with Crippen molar-refractivity contribution in [2.24, 2.45) is 39.8 Å². The molecule has 1 aromatic heterocycles. The number of aromatic hydroxyl groups is 1. The number of aliphatic hydroxyl groups excluding tert-OH is 2. The molecule has 3 fully saturated rings. The Kier molecular flexibility index (Phi) is 24.4. The molecule has 0 unspecified atom stereocenters. The Labute approximate surface area is 497 Å². The molecule has 1 aliphatic carbocycles. The average Bonchev–Trinajstić information content (AvgIpc) is 2.01. The van der Waals surface area contributed by atoms with Gasteiger partial charge < -0.3 is 54.1 Å². The zero-order chi connectivity index (χ0) is 62.3. The number of hydrogen-bond acceptors (Lipinski definition) is 19. The lowest BCUT2D eigenvalue weighted by atomic mass is 9.81. The number of nitrogens with zero attached hydrogens (tertiary/aromatic N) is 4. The summed E-state index contributed by atoms with van der Waals surface area (Å²) >= 11 is 0. The Morgan fingerprint density at radius 2 is 1.55 bits per heavy atom. The summed E-state index contributed by atoms with van der Waals surface area (Å²) in [6.45, 7) is 13.1. The van der Waals surface area contributed by atoms with Gasteiger partial charge in [-0.1, -0.05) is 50.6 Å². The lowest BCUT2D eigenvalue weighted by molar-refractivity contribution is -0.302. The van der Waals surface area contributed by atoms with E-state index in [4.69, 9.17) is 28.8 Å². The number of nitrogens with one attached hydrogen (secondary N) is 1. The second-order valence-corrected chi connectivity index (χ2v) is 24.5. The van der Waals surface area contributed by atoms with E-state index in [1.165, 1.54) is 73.8 Å². The average molecular weight is 1200 g/mol. The monoisotopic (exact) mass is 1200 g/mol. The number of fused-ring (bicyclic) bond motifs is 3. The maximum absolute atomic E-state index is 14.3. The van der Waals surface area contributed by atoms with Gasteiger partial charge in [0.25, 0.3) is 21.7 Å². The van der Waals surface area contributed by atoms with Gasteiger partial charge in [-0.2, -0.15) is 10.2 Å². The predicted octanol–water partition coefficient (Wildman–Crippen LogP) is 8.34. The minimum atomic E-state index is -3.79. The predicted molar refractivity (Wildman–Crippen MR) is 313 cm³/mol. The number of carboxylic acids is 1. The molecule has 4 heterocycles. The van der Waals surface area contributed by atoms with Crippen LogP contribution in [0, 0.1) is 29.6 Å². The van der Waals surface area contributed by atoms with Crippen molar-refractivity contribution in [3.63, 3.8) is 0 Å². The Morgan fingerprint density at radius 1 is 0.882 bits per heavy atom. The van der Waals surface area contributed by atoms with E-state index in [1.807, 2.05) is 32.9 Å². The van der Waals surface area contributed by atoms with Crippen LogP contribution in [0.5, 0.6) is 5.75 Å². The molecule has 6 N–H and O–H groups in total. The van der Waals surface area contributed by atoms with Crippen LogP contribution in [0.25, 0.3) is 0 Å². The van der Waals surface area contributed by atoms with E-state index >= 15 is 0 Å². The fraction of sp³-hybridized carbons (Fsp3) is 0.548. The number of aromatic nitrogens is 1. The van der Waals surface area contributed by atoms with Crippen LogP contribution in [0.3, 0.4) is 0 Å². The molecule has 1 saturated carbocycles. The van der Waals surface area contributed by atoms with E-state index in [2.05, 4.69) is 26.5 Å². The number of allylic oxidation sites excluding steroid dienone is 4. The summed E-state index contributed by atoms with van der Waals surface area (Å²) in [4.78, 5) is 72.8. The maximum atomic E-state index is 14.3. The van der Waals surface area contributed by atoms with Crippen LogP contribution in [0.2, 0.25) is 0 Å². The van der Waals surface area contributed by atoms with E-state index in [0.29, 0.717) is 62.6 Å². The number of azo groups is 1. The summed E-state index contributed by atoms with van der Waals surface area (Å²) in [7, 11) is 0.816. The Morgan fingerprint density at radius 3 is 2.20 bits per heavy atom. The number of ketones is 2. The van der Waals surface area contributed by atoms with E-state index in [1.54, 1.807) is 39.2 Å². The number of carbonyl (C=O) groups excluding carboxylic acids is 4. The lowest BCUT2D eigenvalue weighted by Crippen LogP contribution is -2.64. The van der Waals surface area contributed by atoms with E-state index in [0.717, 1.165) is 5.57 Å². The highest BCUT2D eigenvalue weighted by Gasteiger charge is 2.56. The van der Waals surface area contributed by atoms with Gasteiger partial charge in [0.1, 0.15) is 41.2 Å². The van der Waals surface area contributed by atoms with Gasteiger partial charge in [0.15, 0.2) is 0 Å². The van der Waals surface area contributed by atoms with Crippen LogP contribution in [0.4, 0.5) is 17.2 Å². The Bertz CT molecular complexity index is 3010. The maximum Gasteiger partial charge on any atom is 0.339 e. The third-order valence-electron chi connectivity index (χ3n) is 16.4. The number of pyridine rings is 1. The number of carbonyl (C=O) groups is 5. The van der Waals surface area contributed by atoms with Crippen molar-refractivity contribution in [1.29, 1.82) is 0 Å². The Hall–Kier alpha value is -6.57. The first-order valence-electron chi connectivity index (χ1n) is 28.8. The van der Waals surface area contributed by atoms with Gasteiger partial charge in [-0.05, 0) is 150 Å². The largest absolute Gasteiger partial charge is 0.507 e. The van der Waals surface area contributed by atoms with Gasteiger partial charge in [0.2, 0.25) is 5.79 Å². The van der Waals surface area contributed by atoms with E-state index in [9.17, 15) is 52.8 Å². The molecule has 2 saturated heterocycles. The highest BCUT2D eigenvalue weighted by atomic mass is 32.2. The fourth-order valence-corrected chi connectivity index (χ4v) is 12.6. The van der Waals surface area contributed by atoms with Crippen molar-refractivity contribution in [2.75, 3.05) is 32.6 Å². The van der Waals surface area contributed by atoms with Crippen molar-refractivity contribution in [3.8, 4) is 5.75 Å². The molecular weight excluding hydrogens is 1120 g/mol. The minimum absolute atomic E-state index is 0.00988. The summed E-state index contributed by atoms with van der Waals surface area (Å²) in [5.41, 5.74) is 1.90. The molecule has 22 nitrogen and oxygen atoms in total. The summed E-state index contributed by atoms with van der Waals surface area (Å²) in [6, 6.07) is 13.1. The van der Waals surface area contributed by atoms with Crippen molar-refractivity contribution in [3.05, 3.63) is 108 Å². The number of benzene rings is 2. The number of carboxylic acid groups (broad SMARTS) is 1. The van der Waals surface area contributed by atoms with Crippen LogP contribution >= 0.6 is 0 Å². The zero-order valence-electron chi connectivity index (χ0n) is 49.6. The molecule has 85 heavy (non-hydrogen) atoms. The number of rotatable bonds is 13. The molecule has 7 rings (SSSR count). The molecule has 14 atom stereocenters.